The molecule has 26 heavy (non-hydrogen) atoms. The third kappa shape index (κ3) is 2.97. The summed E-state index contributed by atoms with van der Waals surface area (Å²) in [4.78, 5) is 8.04. The zero-order valence-electron chi connectivity index (χ0n) is 14.6. The Balaban J connectivity index is 1.50. The summed E-state index contributed by atoms with van der Waals surface area (Å²) < 4.78 is 32.4. The average molecular weight is 371 g/mol. The summed E-state index contributed by atoms with van der Waals surface area (Å²) in [5.74, 6) is 0.968. The molecule has 0 aliphatic carbocycles. The summed E-state index contributed by atoms with van der Waals surface area (Å²) >= 11 is 0. The molecule has 2 aromatic heterocycles. The number of benzene rings is 1. The first-order valence-electron chi connectivity index (χ1n) is 8.66. The number of rotatable bonds is 4. The fourth-order valence-corrected chi connectivity index (χ4v) is 5.06. The number of hydrogen-bond acceptors (Lipinski definition) is 4. The first kappa shape index (κ1) is 17.1. The van der Waals surface area contributed by atoms with Crippen molar-refractivity contribution >= 4 is 21.1 Å². The Morgan fingerprint density at radius 2 is 1.88 bits per heavy atom. The average Bonchev–Trinajstić information content (AvgIpc) is 3.12. The highest BCUT2D eigenvalue weighted by Crippen LogP contribution is 2.34. The van der Waals surface area contributed by atoms with Crippen molar-refractivity contribution in [3.05, 3.63) is 54.4 Å². The molecule has 1 aliphatic heterocycles. The fourth-order valence-electron chi connectivity index (χ4n) is 3.59. The van der Waals surface area contributed by atoms with Crippen molar-refractivity contribution in [1.82, 2.24) is 14.3 Å². The van der Waals surface area contributed by atoms with Crippen LogP contribution in [0.25, 0.3) is 11.0 Å². The van der Waals surface area contributed by atoms with Crippen LogP contribution < -0.4 is 4.74 Å². The smallest absolute Gasteiger partial charge is 0.243 e. The van der Waals surface area contributed by atoms with Crippen molar-refractivity contribution in [1.29, 1.82) is 0 Å². The summed E-state index contributed by atoms with van der Waals surface area (Å²) in [6, 6.07) is 10.5. The second-order valence-corrected chi connectivity index (χ2v) is 8.44. The van der Waals surface area contributed by atoms with Gasteiger partial charge in [0.05, 0.1) is 23.0 Å². The summed E-state index contributed by atoms with van der Waals surface area (Å²) in [5, 5.41) is 0. The molecule has 0 spiro atoms. The minimum atomic E-state index is -3.47. The topological polar surface area (TPSA) is 75.3 Å². The number of nitrogens with zero attached hydrogens (tertiary/aromatic N) is 2. The van der Waals surface area contributed by atoms with Crippen molar-refractivity contribution in [3.8, 4) is 5.75 Å². The van der Waals surface area contributed by atoms with Gasteiger partial charge in [-0.1, -0.05) is 0 Å². The molecule has 1 aromatic carbocycles. The number of ether oxygens (including phenoxy) is 1. The largest absolute Gasteiger partial charge is 0.497 e. The van der Waals surface area contributed by atoms with Gasteiger partial charge in [0.15, 0.2) is 0 Å². The van der Waals surface area contributed by atoms with E-state index in [1.54, 1.807) is 41.9 Å². The molecule has 1 N–H and O–H groups in total. The third-order valence-electron chi connectivity index (χ3n) is 5.06. The molecule has 0 amide bonds. The Hall–Kier alpha value is -2.38. The molecular weight excluding hydrogens is 350 g/mol. The van der Waals surface area contributed by atoms with Gasteiger partial charge in [-0.3, -0.25) is 4.98 Å². The molecule has 0 saturated carbocycles. The first-order chi connectivity index (χ1) is 12.6. The van der Waals surface area contributed by atoms with Gasteiger partial charge in [0.2, 0.25) is 10.0 Å². The zero-order valence-corrected chi connectivity index (χ0v) is 15.4. The lowest BCUT2D eigenvalue weighted by molar-refractivity contribution is 0.320. The van der Waals surface area contributed by atoms with Crippen LogP contribution in [0, 0.1) is 0 Å². The van der Waals surface area contributed by atoms with Crippen molar-refractivity contribution in [2.45, 2.75) is 23.7 Å². The Bertz CT molecular complexity index is 1000. The van der Waals surface area contributed by atoms with E-state index in [1.165, 1.54) is 5.56 Å². The van der Waals surface area contributed by atoms with E-state index in [9.17, 15) is 8.42 Å². The number of H-pyrrole nitrogens is 1. The number of methoxy groups -OCH3 is 1. The van der Waals surface area contributed by atoms with Crippen LogP contribution in [0.1, 0.15) is 24.3 Å². The maximum Gasteiger partial charge on any atom is 0.243 e. The highest BCUT2D eigenvalue weighted by molar-refractivity contribution is 7.89. The molecule has 3 heterocycles. The highest BCUT2D eigenvalue weighted by Gasteiger charge is 2.31. The van der Waals surface area contributed by atoms with Gasteiger partial charge in [-0.05, 0) is 60.7 Å². The van der Waals surface area contributed by atoms with Gasteiger partial charge in [-0.25, -0.2) is 8.42 Å². The normalized spacial score (nSPS) is 16.8. The molecule has 0 unspecified atom stereocenters. The molecule has 1 fully saturated rings. The predicted octanol–water partition coefficient (Wildman–Crippen LogP) is 3.14. The first-order valence-corrected chi connectivity index (χ1v) is 10.1. The SMILES string of the molecule is COc1ccc(S(=O)(=O)N2CCC(c3c[nH]c4cccnc34)CC2)cc1. The van der Waals surface area contributed by atoms with Crippen molar-refractivity contribution in [2.24, 2.45) is 0 Å². The lowest BCUT2D eigenvalue weighted by Gasteiger charge is -2.31. The molecule has 0 atom stereocenters. The standard InChI is InChI=1S/C19H21N3O3S/c1-25-15-4-6-16(7-5-15)26(23,24)22-11-8-14(9-12-22)17-13-21-18-3-2-10-20-19(17)18/h2-7,10,13-14,21H,8-9,11-12H2,1H3. The highest BCUT2D eigenvalue weighted by atomic mass is 32.2. The molecule has 4 rings (SSSR count). The van der Waals surface area contributed by atoms with Gasteiger partial charge in [0.25, 0.3) is 0 Å². The van der Waals surface area contributed by atoms with E-state index in [0.29, 0.717) is 29.7 Å². The van der Waals surface area contributed by atoms with Gasteiger partial charge in [-0.15, -0.1) is 0 Å². The lowest BCUT2D eigenvalue weighted by atomic mass is 9.91. The maximum atomic E-state index is 12.9. The van der Waals surface area contributed by atoms with Crippen LogP contribution in [0.4, 0.5) is 0 Å². The van der Waals surface area contributed by atoms with Crippen LogP contribution in [-0.2, 0) is 10.0 Å². The quantitative estimate of drug-likeness (QED) is 0.764. The number of pyridine rings is 1. The zero-order chi connectivity index (χ0) is 18.1. The van der Waals surface area contributed by atoms with Gasteiger partial charge < -0.3 is 9.72 Å². The van der Waals surface area contributed by atoms with Crippen LogP contribution in [0.5, 0.6) is 5.75 Å². The molecule has 0 bridgehead atoms. The van der Waals surface area contributed by atoms with Crippen LogP contribution in [0.15, 0.2) is 53.7 Å². The second kappa shape index (κ2) is 6.74. The van der Waals surface area contributed by atoms with Gasteiger partial charge in [0.1, 0.15) is 5.75 Å². The van der Waals surface area contributed by atoms with E-state index < -0.39 is 10.0 Å². The molecule has 6 nitrogen and oxygen atoms in total. The molecule has 0 radical (unpaired) electrons. The van der Waals surface area contributed by atoms with Crippen molar-refractivity contribution in [2.75, 3.05) is 20.2 Å². The van der Waals surface area contributed by atoms with Crippen LogP contribution >= 0.6 is 0 Å². The summed E-state index contributed by atoms with van der Waals surface area (Å²) in [6.45, 7) is 1.02. The molecule has 3 aromatic rings. The van der Waals surface area contributed by atoms with Gasteiger partial charge in [-0.2, -0.15) is 4.31 Å². The third-order valence-corrected chi connectivity index (χ3v) is 6.97. The number of aromatic amines is 1. The Labute approximate surface area is 152 Å². The minimum absolute atomic E-state index is 0.311. The number of hydrogen-bond donors (Lipinski definition) is 1. The van der Waals surface area contributed by atoms with E-state index >= 15 is 0 Å². The number of aromatic nitrogens is 2. The summed E-state index contributed by atoms with van der Waals surface area (Å²) in [5.41, 5.74) is 3.20. The summed E-state index contributed by atoms with van der Waals surface area (Å²) in [6.07, 6.45) is 5.39. The molecular formula is C19H21N3O3S. The maximum absolute atomic E-state index is 12.9. The van der Waals surface area contributed by atoms with Gasteiger partial charge >= 0.3 is 0 Å². The fraction of sp³-hybridized carbons (Fsp3) is 0.316. The number of nitrogens with one attached hydrogen (secondary N) is 1. The Kier molecular flexibility index (Phi) is 4.42. The van der Waals surface area contributed by atoms with Crippen molar-refractivity contribution in [3.63, 3.8) is 0 Å². The van der Waals surface area contributed by atoms with Crippen LogP contribution in [-0.4, -0.2) is 42.9 Å². The lowest BCUT2D eigenvalue weighted by Crippen LogP contribution is -2.37. The Morgan fingerprint density at radius 1 is 1.15 bits per heavy atom. The molecule has 7 heteroatoms. The number of sulfonamides is 1. The van der Waals surface area contributed by atoms with Crippen LogP contribution in [0.3, 0.4) is 0 Å². The van der Waals surface area contributed by atoms with Crippen LogP contribution in [0.2, 0.25) is 0 Å². The minimum Gasteiger partial charge on any atom is -0.497 e. The van der Waals surface area contributed by atoms with E-state index in [4.69, 9.17) is 4.74 Å². The van der Waals surface area contributed by atoms with E-state index in [1.807, 2.05) is 18.3 Å². The van der Waals surface area contributed by atoms with Gasteiger partial charge in [0, 0.05) is 25.5 Å². The molecule has 1 saturated heterocycles. The predicted molar refractivity (Wildman–Crippen MR) is 99.8 cm³/mol. The molecule has 1 aliphatic rings. The van der Waals surface area contributed by atoms with E-state index in [-0.39, 0.29) is 0 Å². The Morgan fingerprint density at radius 3 is 2.58 bits per heavy atom. The van der Waals surface area contributed by atoms with E-state index in [0.717, 1.165) is 23.9 Å². The number of fused-ring (bicyclic) bond motifs is 1. The van der Waals surface area contributed by atoms with Crippen molar-refractivity contribution < 1.29 is 13.2 Å². The second-order valence-electron chi connectivity index (χ2n) is 6.50. The monoisotopic (exact) mass is 371 g/mol. The van der Waals surface area contributed by atoms with E-state index in [2.05, 4.69) is 9.97 Å². The molecule has 136 valence electrons. The summed E-state index contributed by atoms with van der Waals surface area (Å²) in [7, 11) is -1.90. The number of piperidine rings is 1.